The Balaban J connectivity index is 1.76. The van der Waals surface area contributed by atoms with E-state index in [4.69, 9.17) is 4.74 Å². The molecule has 2 aromatic rings. The van der Waals surface area contributed by atoms with Gasteiger partial charge in [-0.05, 0) is 43.5 Å². The number of ether oxygens (including phenoxy) is 1. The first-order valence-corrected chi connectivity index (χ1v) is 9.48. The van der Waals surface area contributed by atoms with Gasteiger partial charge in [0.25, 0.3) is 5.91 Å². The molecule has 30 heavy (non-hydrogen) atoms. The van der Waals surface area contributed by atoms with E-state index in [9.17, 15) is 18.0 Å². The predicted molar refractivity (Wildman–Crippen MR) is 104 cm³/mol. The molecule has 6 nitrogen and oxygen atoms in total. The van der Waals surface area contributed by atoms with Crippen LogP contribution in [0.1, 0.15) is 30.1 Å². The number of aromatic nitrogens is 1. The molecule has 3 heterocycles. The van der Waals surface area contributed by atoms with E-state index >= 15 is 0 Å². The summed E-state index contributed by atoms with van der Waals surface area (Å²) in [5, 5.41) is 2.65. The summed E-state index contributed by atoms with van der Waals surface area (Å²) < 4.78 is 47.5. The normalized spacial score (nSPS) is 20.9. The first-order chi connectivity index (χ1) is 14.3. The Morgan fingerprint density at radius 1 is 1.20 bits per heavy atom. The second-order valence-corrected chi connectivity index (χ2v) is 7.34. The number of aryl methyl sites for hydroxylation is 1. The number of pyridine rings is 1. The Morgan fingerprint density at radius 3 is 2.53 bits per heavy atom. The Morgan fingerprint density at radius 2 is 1.90 bits per heavy atom. The molecular weight excluding hydrogens is 397 g/mol. The van der Waals surface area contributed by atoms with Crippen LogP contribution < -0.4 is 15.0 Å². The van der Waals surface area contributed by atoms with E-state index in [2.05, 4.69) is 10.3 Å². The van der Waals surface area contributed by atoms with Crippen LogP contribution in [0.15, 0.2) is 41.9 Å². The molecule has 0 saturated carbocycles. The summed E-state index contributed by atoms with van der Waals surface area (Å²) in [6, 6.07) is 6.24. The van der Waals surface area contributed by atoms with Gasteiger partial charge in [0.05, 0.1) is 30.2 Å². The molecular formula is C21H21F3N4O2. The summed E-state index contributed by atoms with van der Waals surface area (Å²) in [6.07, 6.45) is -0.0588. The van der Waals surface area contributed by atoms with E-state index in [1.54, 1.807) is 35.9 Å². The number of halogens is 3. The highest BCUT2D eigenvalue weighted by Gasteiger charge is 2.44. The van der Waals surface area contributed by atoms with E-state index in [-0.39, 0.29) is 12.1 Å². The second-order valence-electron chi connectivity index (χ2n) is 7.34. The number of anilines is 1. The van der Waals surface area contributed by atoms with Gasteiger partial charge in [-0.2, -0.15) is 4.39 Å². The van der Waals surface area contributed by atoms with Gasteiger partial charge in [0.1, 0.15) is 11.6 Å². The van der Waals surface area contributed by atoms with Gasteiger partial charge in [0.2, 0.25) is 11.7 Å². The summed E-state index contributed by atoms with van der Waals surface area (Å²) in [7, 11) is 3.25. The SMILES string of the molecule is COc1ccc(N(C)C2NC(=O)C(F)=C3CCC(c4cc(F)cc(F)c4)N32)c(C)n1. The average Bonchev–Trinajstić information content (AvgIpc) is 3.15. The molecule has 2 aliphatic rings. The van der Waals surface area contributed by atoms with Crippen molar-refractivity contribution >= 4 is 11.6 Å². The van der Waals surface area contributed by atoms with Crippen molar-refractivity contribution in [3.8, 4) is 5.88 Å². The molecule has 158 valence electrons. The number of hydrogen-bond donors (Lipinski definition) is 1. The van der Waals surface area contributed by atoms with Crippen molar-refractivity contribution < 1.29 is 22.7 Å². The Kier molecular flexibility index (Phi) is 5.05. The number of amides is 1. The maximum Gasteiger partial charge on any atom is 0.284 e. The van der Waals surface area contributed by atoms with Crippen LogP contribution in [-0.2, 0) is 4.79 Å². The molecule has 0 radical (unpaired) electrons. The van der Waals surface area contributed by atoms with Crippen molar-refractivity contribution in [2.75, 3.05) is 19.1 Å². The highest BCUT2D eigenvalue weighted by atomic mass is 19.1. The Hall–Kier alpha value is -3.23. The number of allylic oxidation sites excluding steroid dienone is 1. The third kappa shape index (κ3) is 3.34. The van der Waals surface area contributed by atoms with Crippen molar-refractivity contribution in [3.05, 3.63) is 64.7 Å². The zero-order chi connectivity index (χ0) is 21.6. The van der Waals surface area contributed by atoms with Gasteiger partial charge in [-0.25, -0.2) is 13.8 Å². The first kappa shape index (κ1) is 20.1. The number of nitrogens with zero attached hydrogens (tertiary/aromatic N) is 3. The van der Waals surface area contributed by atoms with Crippen LogP contribution in [-0.4, -0.2) is 36.2 Å². The molecule has 9 heteroatoms. The van der Waals surface area contributed by atoms with Gasteiger partial charge in [0, 0.05) is 19.2 Å². The largest absolute Gasteiger partial charge is 0.481 e. The van der Waals surface area contributed by atoms with Crippen LogP contribution >= 0.6 is 0 Å². The highest BCUT2D eigenvalue weighted by molar-refractivity contribution is 5.93. The number of hydrogen-bond acceptors (Lipinski definition) is 5. The molecule has 2 aliphatic heterocycles. The number of benzene rings is 1. The number of carbonyl (C=O) groups excluding carboxylic acids is 1. The molecule has 0 spiro atoms. The highest BCUT2D eigenvalue weighted by Crippen LogP contribution is 2.44. The fraction of sp³-hybridized carbons (Fsp3) is 0.333. The monoisotopic (exact) mass is 418 g/mol. The van der Waals surface area contributed by atoms with E-state index in [0.717, 1.165) is 6.07 Å². The molecule has 1 aromatic carbocycles. The summed E-state index contributed by atoms with van der Waals surface area (Å²) in [5.74, 6) is -2.65. The van der Waals surface area contributed by atoms with E-state index in [1.165, 1.54) is 19.2 Å². The standard InChI is InChI=1S/C21H21F3N4O2/c1-11-15(6-7-18(25-11)30-3)27(2)21-26-20(29)19(24)17-5-4-16(28(17)21)12-8-13(22)10-14(23)9-12/h6-10,16,21H,4-5H2,1-3H3,(H,26,29). The molecule has 4 rings (SSSR count). The minimum absolute atomic E-state index is 0.226. The Bertz CT molecular complexity index is 1020. The molecule has 1 aromatic heterocycles. The third-order valence-electron chi connectivity index (χ3n) is 5.54. The van der Waals surface area contributed by atoms with Gasteiger partial charge < -0.3 is 19.9 Å². The molecule has 1 amide bonds. The van der Waals surface area contributed by atoms with Crippen LogP contribution in [0.25, 0.3) is 0 Å². The lowest BCUT2D eigenvalue weighted by atomic mass is 10.0. The third-order valence-corrected chi connectivity index (χ3v) is 5.54. The van der Waals surface area contributed by atoms with Gasteiger partial charge in [-0.1, -0.05) is 0 Å². The second kappa shape index (κ2) is 7.55. The summed E-state index contributed by atoms with van der Waals surface area (Å²) in [5.41, 5.74) is 1.95. The number of nitrogens with one attached hydrogen (secondary N) is 1. The minimum atomic E-state index is -0.872. The molecule has 1 saturated heterocycles. The van der Waals surface area contributed by atoms with Gasteiger partial charge in [-0.15, -0.1) is 0 Å². The topological polar surface area (TPSA) is 57.7 Å². The molecule has 0 bridgehead atoms. The molecule has 2 atom stereocenters. The summed E-state index contributed by atoms with van der Waals surface area (Å²) >= 11 is 0. The van der Waals surface area contributed by atoms with Crippen molar-refractivity contribution in [1.29, 1.82) is 0 Å². The van der Waals surface area contributed by atoms with Crippen molar-refractivity contribution in [1.82, 2.24) is 15.2 Å². The molecule has 1 fully saturated rings. The van der Waals surface area contributed by atoms with Crippen LogP contribution in [0, 0.1) is 18.6 Å². The van der Waals surface area contributed by atoms with Crippen LogP contribution in [0.2, 0.25) is 0 Å². The lowest BCUT2D eigenvalue weighted by molar-refractivity contribution is -0.122. The average molecular weight is 418 g/mol. The lowest BCUT2D eigenvalue weighted by Crippen LogP contribution is -2.59. The number of fused-ring (bicyclic) bond motifs is 1. The minimum Gasteiger partial charge on any atom is -0.481 e. The zero-order valence-corrected chi connectivity index (χ0v) is 16.7. The Labute approximate surface area is 171 Å². The maximum atomic E-state index is 14.6. The number of carbonyl (C=O) groups is 1. The predicted octanol–water partition coefficient (Wildman–Crippen LogP) is 3.54. The van der Waals surface area contributed by atoms with Crippen LogP contribution in [0.3, 0.4) is 0 Å². The van der Waals surface area contributed by atoms with Gasteiger partial charge in [-0.3, -0.25) is 4.79 Å². The van der Waals surface area contributed by atoms with Crippen molar-refractivity contribution in [2.24, 2.45) is 0 Å². The van der Waals surface area contributed by atoms with Crippen molar-refractivity contribution in [2.45, 2.75) is 32.1 Å². The maximum absolute atomic E-state index is 14.6. The number of rotatable bonds is 4. The lowest BCUT2D eigenvalue weighted by Gasteiger charge is -2.44. The van der Waals surface area contributed by atoms with Crippen molar-refractivity contribution in [3.63, 3.8) is 0 Å². The van der Waals surface area contributed by atoms with Gasteiger partial charge >= 0.3 is 0 Å². The smallest absolute Gasteiger partial charge is 0.284 e. The molecule has 0 aliphatic carbocycles. The van der Waals surface area contributed by atoms with Crippen LogP contribution in [0.5, 0.6) is 5.88 Å². The summed E-state index contributed by atoms with van der Waals surface area (Å²) in [6.45, 7) is 1.79. The summed E-state index contributed by atoms with van der Waals surface area (Å²) in [4.78, 5) is 20.0. The van der Waals surface area contributed by atoms with Gasteiger partial charge in [0.15, 0.2) is 6.29 Å². The molecule has 2 unspecified atom stereocenters. The van der Waals surface area contributed by atoms with E-state index in [0.29, 0.717) is 29.2 Å². The number of methoxy groups -OCH3 is 1. The fourth-order valence-corrected chi connectivity index (χ4v) is 4.18. The zero-order valence-electron chi connectivity index (χ0n) is 16.7. The fourth-order valence-electron chi connectivity index (χ4n) is 4.18. The quantitative estimate of drug-likeness (QED) is 0.823. The van der Waals surface area contributed by atoms with E-state index < -0.39 is 35.7 Å². The molecule has 1 N–H and O–H groups in total. The van der Waals surface area contributed by atoms with E-state index in [1.807, 2.05) is 0 Å². The first-order valence-electron chi connectivity index (χ1n) is 9.48. The van der Waals surface area contributed by atoms with Crippen LogP contribution in [0.4, 0.5) is 18.9 Å².